The van der Waals surface area contributed by atoms with Crippen LogP contribution in [0.25, 0.3) is 11.0 Å². The van der Waals surface area contributed by atoms with Gasteiger partial charge < -0.3 is 9.84 Å². The number of benzene rings is 1. The molecule has 4 nitrogen and oxygen atoms in total. The van der Waals surface area contributed by atoms with Crippen molar-refractivity contribution in [2.24, 2.45) is 0 Å². The molecule has 0 bridgehead atoms. The standard InChI is InChI=1S/C13H16N2O2/c1-9(2)17-8-13(16)12-7-14-10-5-3-4-6-11(10)15-12/h3-7,9,13,16H,8H2,1-2H3. The van der Waals surface area contributed by atoms with Crippen molar-refractivity contribution < 1.29 is 9.84 Å². The smallest absolute Gasteiger partial charge is 0.121 e. The van der Waals surface area contributed by atoms with Gasteiger partial charge in [0.2, 0.25) is 0 Å². The lowest BCUT2D eigenvalue weighted by Crippen LogP contribution is -2.13. The molecular weight excluding hydrogens is 216 g/mol. The summed E-state index contributed by atoms with van der Waals surface area (Å²) in [5.74, 6) is 0. The van der Waals surface area contributed by atoms with Gasteiger partial charge in [0.25, 0.3) is 0 Å². The van der Waals surface area contributed by atoms with Crippen molar-refractivity contribution in [2.45, 2.75) is 26.1 Å². The third-order valence-corrected chi connectivity index (χ3v) is 2.40. The maximum Gasteiger partial charge on any atom is 0.121 e. The molecule has 0 aliphatic carbocycles. The van der Waals surface area contributed by atoms with Gasteiger partial charge >= 0.3 is 0 Å². The number of rotatable bonds is 4. The van der Waals surface area contributed by atoms with E-state index in [1.54, 1.807) is 6.20 Å². The molecule has 0 radical (unpaired) electrons. The zero-order valence-corrected chi connectivity index (χ0v) is 10.00. The van der Waals surface area contributed by atoms with Crippen molar-refractivity contribution in [3.05, 3.63) is 36.2 Å². The molecule has 0 spiro atoms. The van der Waals surface area contributed by atoms with Gasteiger partial charge in [-0.25, -0.2) is 4.98 Å². The molecule has 0 aliphatic rings. The molecule has 90 valence electrons. The third-order valence-electron chi connectivity index (χ3n) is 2.40. The topological polar surface area (TPSA) is 55.2 Å². The third kappa shape index (κ3) is 2.99. The van der Waals surface area contributed by atoms with Crippen LogP contribution in [0.5, 0.6) is 0 Å². The number of hydrogen-bond acceptors (Lipinski definition) is 4. The zero-order chi connectivity index (χ0) is 12.3. The first kappa shape index (κ1) is 12.0. The van der Waals surface area contributed by atoms with E-state index in [-0.39, 0.29) is 12.7 Å². The van der Waals surface area contributed by atoms with Crippen LogP contribution in [0, 0.1) is 0 Å². The average molecular weight is 232 g/mol. The molecule has 1 N–H and O–H groups in total. The summed E-state index contributed by atoms with van der Waals surface area (Å²) in [6, 6.07) is 7.58. The Morgan fingerprint density at radius 1 is 1.24 bits per heavy atom. The predicted molar refractivity (Wildman–Crippen MR) is 65.6 cm³/mol. The minimum atomic E-state index is -0.727. The Kier molecular flexibility index (Phi) is 3.66. The Balaban J connectivity index is 2.18. The molecule has 0 amide bonds. The summed E-state index contributed by atoms with van der Waals surface area (Å²) in [7, 11) is 0. The monoisotopic (exact) mass is 232 g/mol. The normalized spacial score (nSPS) is 13.2. The van der Waals surface area contributed by atoms with Crippen LogP contribution in [0.15, 0.2) is 30.5 Å². The molecule has 1 atom stereocenters. The van der Waals surface area contributed by atoms with E-state index in [9.17, 15) is 5.11 Å². The van der Waals surface area contributed by atoms with E-state index in [1.807, 2.05) is 38.1 Å². The van der Waals surface area contributed by atoms with Crippen molar-refractivity contribution in [3.63, 3.8) is 0 Å². The summed E-state index contributed by atoms with van der Waals surface area (Å²) in [4.78, 5) is 8.61. The molecule has 0 saturated heterocycles. The van der Waals surface area contributed by atoms with E-state index in [0.29, 0.717) is 5.69 Å². The molecule has 1 heterocycles. The van der Waals surface area contributed by atoms with Gasteiger partial charge in [0.1, 0.15) is 6.10 Å². The van der Waals surface area contributed by atoms with Crippen molar-refractivity contribution in [2.75, 3.05) is 6.61 Å². The first-order valence-electron chi connectivity index (χ1n) is 5.68. The number of aliphatic hydroxyl groups excluding tert-OH is 1. The number of para-hydroxylation sites is 2. The Morgan fingerprint density at radius 3 is 2.65 bits per heavy atom. The van der Waals surface area contributed by atoms with Gasteiger partial charge in [-0.3, -0.25) is 4.98 Å². The van der Waals surface area contributed by atoms with Crippen LogP contribution in [0.4, 0.5) is 0 Å². The maximum atomic E-state index is 9.90. The average Bonchev–Trinajstić information content (AvgIpc) is 2.35. The van der Waals surface area contributed by atoms with Crippen molar-refractivity contribution >= 4 is 11.0 Å². The van der Waals surface area contributed by atoms with Crippen molar-refractivity contribution in [3.8, 4) is 0 Å². The van der Waals surface area contributed by atoms with Gasteiger partial charge in [-0.2, -0.15) is 0 Å². The molecule has 1 unspecified atom stereocenters. The van der Waals surface area contributed by atoms with Gasteiger partial charge in [-0.1, -0.05) is 12.1 Å². The number of aliphatic hydroxyl groups is 1. The largest absolute Gasteiger partial charge is 0.384 e. The minimum absolute atomic E-state index is 0.0954. The zero-order valence-electron chi connectivity index (χ0n) is 10.00. The molecular formula is C13H16N2O2. The highest BCUT2D eigenvalue weighted by atomic mass is 16.5. The van der Waals surface area contributed by atoms with Crippen LogP contribution in [0.2, 0.25) is 0 Å². The van der Waals surface area contributed by atoms with E-state index in [4.69, 9.17) is 4.74 Å². The second-order valence-corrected chi connectivity index (χ2v) is 4.18. The van der Waals surface area contributed by atoms with E-state index in [0.717, 1.165) is 11.0 Å². The number of ether oxygens (including phenoxy) is 1. The minimum Gasteiger partial charge on any atom is -0.384 e. The first-order chi connectivity index (χ1) is 8.16. The summed E-state index contributed by atoms with van der Waals surface area (Å²) < 4.78 is 5.35. The number of aromatic nitrogens is 2. The lowest BCUT2D eigenvalue weighted by atomic mass is 10.2. The van der Waals surface area contributed by atoms with Gasteiger partial charge in [-0.15, -0.1) is 0 Å². The highest BCUT2D eigenvalue weighted by molar-refractivity contribution is 5.73. The summed E-state index contributed by atoms with van der Waals surface area (Å²) >= 11 is 0. The Morgan fingerprint density at radius 2 is 1.94 bits per heavy atom. The van der Waals surface area contributed by atoms with E-state index in [1.165, 1.54) is 0 Å². The van der Waals surface area contributed by atoms with Gasteiger partial charge in [0.15, 0.2) is 0 Å². The second-order valence-electron chi connectivity index (χ2n) is 4.18. The van der Waals surface area contributed by atoms with Crippen LogP contribution < -0.4 is 0 Å². The molecule has 4 heteroatoms. The van der Waals surface area contributed by atoms with Crippen LogP contribution in [0.3, 0.4) is 0 Å². The number of nitrogens with zero attached hydrogens (tertiary/aromatic N) is 2. The fraction of sp³-hybridized carbons (Fsp3) is 0.385. The Hall–Kier alpha value is -1.52. The summed E-state index contributed by atoms with van der Waals surface area (Å²) in [6.07, 6.45) is 0.962. The molecule has 17 heavy (non-hydrogen) atoms. The van der Waals surface area contributed by atoms with E-state index < -0.39 is 6.10 Å². The molecule has 2 aromatic rings. The van der Waals surface area contributed by atoms with Crippen LogP contribution in [-0.2, 0) is 4.74 Å². The lowest BCUT2D eigenvalue weighted by Gasteiger charge is -2.13. The fourth-order valence-corrected chi connectivity index (χ4v) is 1.50. The van der Waals surface area contributed by atoms with Crippen LogP contribution in [-0.4, -0.2) is 27.8 Å². The Labute approximate surface area is 100 Å². The fourth-order valence-electron chi connectivity index (χ4n) is 1.50. The molecule has 0 saturated carbocycles. The summed E-state index contributed by atoms with van der Waals surface area (Å²) in [5.41, 5.74) is 2.16. The quantitative estimate of drug-likeness (QED) is 0.877. The molecule has 1 aromatic carbocycles. The predicted octanol–water partition coefficient (Wildman–Crippen LogP) is 2.09. The highest BCUT2D eigenvalue weighted by Crippen LogP contribution is 2.14. The first-order valence-corrected chi connectivity index (χ1v) is 5.68. The second kappa shape index (κ2) is 5.21. The van der Waals surface area contributed by atoms with Crippen LogP contribution in [0.1, 0.15) is 25.6 Å². The number of hydrogen-bond donors (Lipinski definition) is 1. The summed E-state index contributed by atoms with van der Waals surface area (Å²) in [5, 5.41) is 9.90. The maximum absolute atomic E-state index is 9.90. The van der Waals surface area contributed by atoms with Gasteiger partial charge in [0.05, 0.1) is 35.6 Å². The molecule has 2 rings (SSSR count). The van der Waals surface area contributed by atoms with Crippen molar-refractivity contribution in [1.29, 1.82) is 0 Å². The summed E-state index contributed by atoms with van der Waals surface area (Å²) in [6.45, 7) is 4.10. The molecule has 0 fully saturated rings. The van der Waals surface area contributed by atoms with E-state index >= 15 is 0 Å². The highest BCUT2D eigenvalue weighted by Gasteiger charge is 2.11. The SMILES string of the molecule is CC(C)OCC(O)c1cnc2ccccc2n1. The molecule has 1 aromatic heterocycles. The number of fused-ring (bicyclic) bond motifs is 1. The Bertz CT molecular complexity index is 499. The van der Waals surface area contributed by atoms with Gasteiger partial charge in [-0.05, 0) is 26.0 Å². The molecule has 0 aliphatic heterocycles. The van der Waals surface area contributed by atoms with Crippen molar-refractivity contribution in [1.82, 2.24) is 9.97 Å². The van der Waals surface area contributed by atoms with Crippen LogP contribution >= 0.6 is 0 Å². The lowest BCUT2D eigenvalue weighted by molar-refractivity contribution is 0.00326. The van der Waals surface area contributed by atoms with E-state index in [2.05, 4.69) is 9.97 Å². The van der Waals surface area contributed by atoms with Gasteiger partial charge in [0, 0.05) is 0 Å².